The Hall–Kier alpha value is -1.87. The van der Waals surface area contributed by atoms with Crippen LogP contribution in [0, 0.1) is 20.8 Å². The lowest BCUT2D eigenvalue weighted by Crippen LogP contribution is -2.21. The van der Waals surface area contributed by atoms with Crippen molar-refractivity contribution in [2.75, 3.05) is 0 Å². The number of nitrogens with zero attached hydrogens (tertiary/aromatic N) is 1. The van der Waals surface area contributed by atoms with Crippen molar-refractivity contribution >= 4 is 0 Å². The number of aryl methyl sites for hydroxylation is 2. The molecule has 0 radical (unpaired) electrons. The van der Waals surface area contributed by atoms with Crippen LogP contribution >= 0.6 is 0 Å². The van der Waals surface area contributed by atoms with Crippen molar-refractivity contribution in [2.45, 2.75) is 47.2 Å². The van der Waals surface area contributed by atoms with E-state index in [4.69, 9.17) is 4.74 Å². The van der Waals surface area contributed by atoms with Crippen LogP contribution in [0.15, 0.2) is 30.6 Å². The predicted molar refractivity (Wildman–Crippen MR) is 86.9 cm³/mol. The summed E-state index contributed by atoms with van der Waals surface area (Å²) in [7, 11) is 0. The Morgan fingerprint density at radius 3 is 2.52 bits per heavy atom. The molecule has 1 heterocycles. The highest BCUT2D eigenvalue weighted by atomic mass is 16.5. The molecule has 1 aromatic heterocycles. The lowest BCUT2D eigenvalue weighted by molar-refractivity contribution is 0.470. The first-order chi connectivity index (χ1) is 9.97. The molecule has 1 aromatic carbocycles. The minimum atomic E-state index is 0.454. The first-order valence-electron chi connectivity index (χ1n) is 7.39. The van der Waals surface area contributed by atoms with Crippen LogP contribution in [0.3, 0.4) is 0 Å². The van der Waals surface area contributed by atoms with E-state index in [1.165, 1.54) is 11.1 Å². The summed E-state index contributed by atoms with van der Waals surface area (Å²) in [5.74, 6) is 1.72. The van der Waals surface area contributed by atoms with Gasteiger partial charge >= 0.3 is 0 Å². The first kappa shape index (κ1) is 15.5. The second kappa shape index (κ2) is 6.72. The quantitative estimate of drug-likeness (QED) is 0.889. The van der Waals surface area contributed by atoms with Crippen LogP contribution in [0.1, 0.15) is 36.1 Å². The smallest absolute Gasteiger partial charge is 0.146 e. The molecule has 0 aliphatic carbocycles. The van der Waals surface area contributed by atoms with Gasteiger partial charge in [0.15, 0.2) is 0 Å². The maximum atomic E-state index is 6.08. The topological polar surface area (TPSA) is 34.1 Å². The number of ether oxygens (including phenoxy) is 1. The SMILES string of the molecule is Cc1ccc(C)c(Oc2cncc(CNC(C)C)c2)c1C. The molecule has 3 nitrogen and oxygen atoms in total. The Morgan fingerprint density at radius 1 is 1.10 bits per heavy atom. The van der Waals surface area contributed by atoms with Gasteiger partial charge in [-0.2, -0.15) is 0 Å². The fourth-order valence-corrected chi connectivity index (χ4v) is 2.14. The lowest BCUT2D eigenvalue weighted by atomic mass is 10.1. The second-order valence-corrected chi connectivity index (χ2v) is 5.82. The fourth-order valence-electron chi connectivity index (χ4n) is 2.14. The largest absolute Gasteiger partial charge is 0.455 e. The van der Waals surface area contributed by atoms with E-state index >= 15 is 0 Å². The number of hydrogen-bond acceptors (Lipinski definition) is 3. The van der Waals surface area contributed by atoms with Gasteiger partial charge in [0, 0.05) is 18.8 Å². The summed E-state index contributed by atoms with van der Waals surface area (Å²) < 4.78 is 6.08. The average molecular weight is 284 g/mol. The van der Waals surface area contributed by atoms with Gasteiger partial charge in [-0.1, -0.05) is 26.0 Å². The van der Waals surface area contributed by atoms with Crippen LogP contribution in [-0.4, -0.2) is 11.0 Å². The Labute approximate surface area is 127 Å². The highest BCUT2D eigenvalue weighted by Gasteiger charge is 2.08. The van der Waals surface area contributed by atoms with Gasteiger partial charge in [0.2, 0.25) is 0 Å². The second-order valence-electron chi connectivity index (χ2n) is 5.82. The summed E-state index contributed by atoms with van der Waals surface area (Å²) in [4.78, 5) is 4.28. The summed E-state index contributed by atoms with van der Waals surface area (Å²) in [6.45, 7) is 11.3. The van der Waals surface area contributed by atoms with Crippen molar-refractivity contribution in [3.8, 4) is 11.5 Å². The Bertz CT molecular complexity index is 621. The van der Waals surface area contributed by atoms with E-state index in [9.17, 15) is 0 Å². The van der Waals surface area contributed by atoms with Crippen LogP contribution in [0.5, 0.6) is 11.5 Å². The van der Waals surface area contributed by atoms with Gasteiger partial charge in [-0.05, 0) is 49.1 Å². The lowest BCUT2D eigenvalue weighted by Gasteiger charge is -2.14. The Kier molecular flexibility index (Phi) is 4.97. The average Bonchev–Trinajstić information content (AvgIpc) is 2.46. The molecular weight excluding hydrogens is 260 g/mol. The molecule has 1 N–H and O–H groups in total. The predicted octanol–water partition coefficient (Wildman–Crippen LogP) is 4.30. The highest BCUT2D eigenvalue weighted by Crippen LogP contribution is 2.30. The third-order valence-corrected chi connectivity index (χ3v) is 3.58. The van der Waals surface area contributed by atoms with Gasteiger partial charge in [-0.3, -0.25) is 4.98 Å². The molecule has 0 saturated heterocycles. The third kappa shape index (κ3) is 4.05. The molecule has 0 amide bonds. The number of nitrogens with one attached hydrogen (secondary N) is 1. The molecule has 0 aliphatic rings. The van der Waals surface area contributed by atoms with E-state index in [0.29, 0.717) is 6.04 Å². The van der Waals surface area contributed by atoms with Gasteiger partial charge in [0.1, 0.15) is 11.5 Å². The zero-order chi connectivity index (χ0) is 15.4. The minimum Gasteiger partial charge on any atom is -0.455 e. The van der Waals surface area contributed by atoms with Crippen molar-refractivity contribution in [3.05, 3.63) is 52.8 Å². The molecule has 112 valence electrons. The van der Waals surface area contributed by atoms with Gasteiger partial charge in [0.05, 0.1) is 6.20 Å². The number of hydrogen-bond donors (Lipinski definition) is 1. The van der Waals surface area contributed by atoms with Crippen molar-refractivity contribution in [2.24, 2.45) is 0 Å². The molecule has 0 bridgehead atoms. The molecule has 21 heavy (non-hydrogen) atoms. The van der Waals surface area contributed by atoms with E-state index in [1.807, 2.05) is 12.3 Å². The molecule has 0 fully saturated rings. The summed E-state index contributed by atoms with van der Waals surface area (Å²) in [5, 5.41) is 3.39. The molecule has 0 atom stereocenters. The van der Waals surface area contributed by atoms with Crippen LogP contribution in [0.25, 0.3) is 0 Å². The van der Waals surface area contributed by atoms with Gasteiger partial charge < -0.3 is 10.1 Å². The Balaban J connectivity index is 2.20. The molecule has 0 saturated carbocycles. The van der Waals surface area contributed by atoms with Crippen LogP contribution in [-0.2, 0) is 6.54 Å². The van der Waals surface area contributed by atoms with E-state index in [0.717, 1.165) is 29.2 Å². The zero-order valence-electron chi connectivity index (χ0n) is 13.5. The van der Waals surface area contributed by atoms with Crippen molar-refractivity contribution in [1.82, 2.24) is 10.3 Å². The Morgan fingerprint density at radius 2 is 1.81 bits per heavy atom. The molecule has 2 rings (SSSR count). The van der Waals surface area contributed by atoms with E-state index in [-0.39, 0.29) is 0 Å². The summed E-state index contributed by atoms with van der Waals surface area (Å²) >= 11 is 0. The van der Waals surface area contributed by atoms with Crippen LogP contribution in [0.2, 0.25) is 0 Å². The molecule has 0 spiro atoms. The zero-order valence-corrected chi connectivity index (χ0v) is 13.5. The van der Waals surface area contributed by atoms with Gasteiger partial charge in [0.25, 0.3) is 0 Å². The molecule has 3 heteroatoms. The van der Waals surface area contributed by atoms with E-state index in [2.05, 4.69) is 57.1 Å². The molecule has 0 unspecified atom stereocenters. The van der Waals surface area contributed by atoms with Crippen molar-refractivity contribution in [3.63, 3.8) is 0 Å². The fraction of sp³-hybridized carbons (Fsp3) is 0.389. The minimum absolute atomic E-state index is 0.454. The number of rotatable bonds is 5. The monoisotopic (exact) mass is 284 g/mol. The van der Waals surface area contributed by atoms with E-state index in [1.54, 1.807) is 6.20 Å². The van der Waals surface area contributed by atoms with Gasteiger partial charge in [-0.25, -0.2) is 0 Å². The molecule has 2 aromatic rings. The number of benzene rings is 1. The van der Waals surface area contributed by atoms with E-state index < -0.39 is 0 Å². The maximum Gasteiger partial charge on any atom is 0.146 e. The van der Waals surface area contributed by atoms with Crippen LogP contribution in [0.4, 0.5) is 0 Å². The number of pyridine rings is 1. The molecular formula is C18H24N2O. The number of aromatic nitrogens is 1. The van der Waals surface area contributed by atoms with Gasteiger partial charge in [-0.15, -0.1) is 0 Å². The third-order valence-electron chi connectivity index (χ3n) is 3.58. The van der Waals surface area contributed by atoms with Crippen molar-refractivity contribution < 1.29 is 4.74 Å². The maximum absolute atomic E-state index is 6.08. The van der Waals surface area contributed by atoms with Crippen LogP contribution < -0.4 is 10.1 Å². The van der Waals surface area contributed by atoms with Crippen molar-refractivity contribution in [1.29, 1.82) is 0 Å². The summed E-state index contributed by atoms with van der Waals surface area (Å²) in [6.07, 6.45) is 3.64. The normalized spacial score (nSPS) is 11.0. The highest BCUT2D eigenvalue weighted by molar-refractivity contribution is 5.46. The standard InChI is InChI=1S/C18H24N2O/c1-12(2)20-10-16-8-17(11-19-9-16)21-18-14(4)7-6-13(3)15(18)5/h6-9,11-12,20H,10H2,1-5H3. The first-order valence-corrected chi connectivity index (χ1v) is 7.39. The molecule has 0 aliphatic heterocycles. The summed E-state index contributed by atoms with van der Waals surface area (Å²) in [5.41, 5.74) is 4.69. The summed E-state index contributed by atoms with van der Waals surface area (Å²) in [6, 6.07) is 6.72.